The second-order valence-electron chi connectivity index (χ2n) is 5.09. The van der Waals surface area contributed by atoms with Gasteiger partial charge in [-0.25, -0.2) is 9.78 Å². The molecule has 0 atom stereocenters. The fourth-order valence-corrected chi connectivity index (χ4v) is 2.86. The van der Waals surface area contributed by atoms with Crippen LogP contribution in [-0.2, 0) is 11.2 Å². The lowest BCUT2D eigenvalue weighted by atomic mass is 10.2. The molecule has 0 aliphatic rings. The lowest BCUT2D eigenvalue weighted by Gasteiger charge is -2.26. The van der Waals surface area contributed by atoms with Crippen molar-refractivity contribution in [3.05, 3.63) is 10.6 Å². The number of hydrogen-bond acceptors (Lipinski definition) is 4. The van der Waals surface area contributed by atoms with Crippen LogP contribution in [0.1, 0.15) is 44.2 Å². The number of carbonyl (C=O) groups excluding carboxylic acids is 1. The van der Waals surface area contributed by atoms with E-state index >= 15 is 0 Å². The smallest absolute Gasteiger partial charge is 0.323 e. The predicted octanol–water partition coefficient (Wildman–Crippen LogP) is 3.12. The molecule has 0 spiro atoms. The number of carboxylic acids is 1. The Morgan fingerprint density at radius 3 is 2.57 bits per heavy atom. The van der Waals surface area contributed by atoms with Gasteiger partial charge in [-0.3, -0.25) is 10.1 Å². The van der Waals surface area contributed by atoms with Crippen molar-refractivity contribution >= 4 is 28.5 Å². The molecule has 21 heavy (non-hydrogen) atoms. The largest absolute Gasteiger partial charge is 0.481 e. The number of urea groups is 1. The highest BCUT2D eigenvalue weighted by molar-refractivity contribution is 7.15. The van der Waals surface area contributed by atoms with Gasteiger partial charge in [0.1, 0.15) is 0 Å². The van der Waals surface area contributed by atoms with Crippen molar-refractivity contribution in [3.8, 4) is 0 Å². The quantitative estimate of drug-likeness (QED) is 0.810. The molecule has 2 N–H and O–H groups in total. The number of anilines is 1. The van der Waals surface area contributed by atoms with Crippen LogP contribution in [0.25, 0.3) is 0 Å². The van der Waals surface area contributed by atoms with E-state index < -0.39 is 5.97 Å². The number of aliphatic carboxylic acids is 1. The number of carbonyl (C=O) groups is 2. The summed E-state index contributed by atoms with van der Waals surface area (Å²) >= 11 is 1.46. The van der Waals surface area contributed by atoms with Crippen LogP contribution in [0.2, 0.25) is 0 Å². The predicted molar refractivity (Wildman–Crippen MR) is 84.0 cm³/mol. The first-order valence-corrected chi connectivity index (χ1v) is 7.92. The third kappa shape index (κ3) is 5.34. The van der Waals surface area contributed by atoms with Gasteiger partial charge in [0.2, 0.25) is 0 Å². The van der Waals surface area contributed by atoms with Gasteiger partial charge in [-0.05, 0) is 33.6 Å². The van der Waals surface area contributed by atoms with E-state index in [1.807, 2.05) is 27.7 Å². The Balaban J connectivity index is 2.65. The van der Waals surface area contributed by atoms with Gasteiger partial charge in [0.05, 0.1) is 5.69 Å². The van der Waals surface area contributed by atoms with E-state index in [4.69, 9.17) is 5.11 Å². The van der Waals surface area contributed by atoms with Crippen molar-refractivity contribution in [1.29, 1.82) is 0 Å². The van der Waals surface area contributed by atoms with Gasteiger partial charge in [-0.2, -0.15) is 0 Å². The minimum absolute atomic E-state index is 0.00509. The molecule has 118 valence electrons. The average Bonchev–Trinajstić information content (AvgIpc) is 2.73. The molecule has 2 amide bonds. The second-order valence-corrected chi connectivity index (χ2v) is 6.29. The lowest BCUT2D eigenvalue weighted by molar-refractivity contribution is -0.137. The molecule has 0 saturated heterocycles. The highest BCUT2D eigenvalue weighted by atomic mass is 32.1. The number of carboxylic acid groups (broad SMARTS) is 1. The number of aryl methyl sites for hydroxylation is 2. The summed E-state index contributed by atoms with van der Waals surface area (Å²) in [5.41, 5.74) is 0.997. The third-order valence-corrected chi connectivity index (χ3v) is 4.04. The zero-order chi connectivity index (χ0) is 16.0. The zero-order valence-electron chi connectivity index (χ0n) is 13.0. The molecule has 0 aromatic carbocycles. The van der Waals surface area contributed by atoms with E-state index in [0.29, 0.717) is 18.1 Å². The summed E-state index contributed by atoms with van der Waals surface area (Å²) in [4.78, 5) is 30.0. The maximum Gasteiger partial charge on any atom is 0.323 e. The standard InChI is InChI=1S/C14H23N3O3S/c1-5-11-10(4)21-13(15-11)16-14(20)17(9(2)3)8-6-7-12(18)19/h9H,5-8H2,1-4H3,(H,18,19)(H,15,16,20). The molecule has 1 rings (SSSR count). The molecule has 0 aliphatic heterocycles. The van der Waals surface area contributed by atoms with Crippen LogP contribution in [0, 0.1) is 6.92 Å². The normalized spacial score (nSPS) is 10.7. The molecule has 7 heteroatoms. The number of nitrogens with zero attached hydrogens (tertiary/aromatic N) is 2. The number of aromatic nitrogens is 1. The summed E-state index contributed by atoms with van der Waals surface area (Å²) in [6, 6.07) is -0.225. The van der Waals surface area contributed by atoms with E-state index in [-0.39, 0.29) is 18.5 Å². The molecule has 6 nitrogen and oxygen atoms in total. The van der Waals surface area contributed by atoms with Gasteiger partial charge in [0.25, 0.3) is 0 Å². The molecule has 0 fully saturated rings. The van der Waals surface area contributed by atoms with E-state index in [2.05, 4.69) is 10.3 Å². The minimum atomic E-state index is -0.845. The number of nitrogens with one attached hydrogen (secondary N) is 1. The third-order valence-electron chi connectivity index (χ3n) is 3.12. The van der Waals surface area contributed by atoms with Gasteiger partial charge < -0.3 is 10.0 Å². The summed E-state index contributed by atoms with van der Waals surface area (Å²) in [5, 5.41) is 12.1. The topological polar surface area (TPSA) is 82.5 Å². The van der Waals surface area contributed by atoms with Crippen LogP contribution in [0.4, 0.5) is 9.93 Å². The number of rotatable bonds is 7. The van der Waals surface area contributed by atoms with Crippen LogP contribution in [-0.4, -0.2) is 39.6 Å². The first-order chi connectivity index (χ1) is 9.85. The Morgan fingerprint density at radius 1 is 1.43 bits per heavy atom. The van der Waals surface area contributed by atoms with Crippen molar-refractivity contribution < 1.29 is 14.7 Å². The van der Waals surface area contributed by atoms with E-state index in [1.165, 1.54) is 11.3 Å². The van der Waals surface area contributed by atoms with Crippen LogP contribution < -0.4 is 5.32 Å². The first-order valence-electron chi connectivity index (χ1n) is 7.10. The molecular weight excluding hydrogens is 290 g/mol. The van der Waals surface area contributed by atoms with Gasteiger partial charge in [-0.15, -0.1) is 11.3 Å². The monoisotopic (exact) mass is 313 g/mol. The number of hydrogen-bond donors (Lipinski definition) is 2. The van der Waals surface area contributed by atoms with Gasteiger partial charge in [0, 0.05) is 23.9 Å². The molecule has 0 aliphatic carbocycles. The maximum absolute atomic E-state index is 12.3. The van der Waals surface area contributed by atoms with Gasteiger partial charge >= 0.3 is 12.0 Å². The van der Waals surface area contributed by atoms with Crippen molar-refractivity contribution in [2.75, 3.05) is 11.9 Å². The summed E-state index contributed by atoms with van der Waals surface area (Å²) in [7, 11) is 0. The summed E-state index contributed by atoms with van der Waals surface area (Å²) in [6.45, 7) is 8.25. The SMILES string of the molecule is CCc1nc(NC(=O)N(CCCC(=O)O)C(C)C)sc1C. The Bertz CT molecular complexity index is 500. The molecule has 0 bridgehead atoms. The zero-order valence-corrected chi connectivity index (χ0v) is 13.8. The van der Waals surface area contributed by atoms with E-state index in [0.717, 1.165) is 17.0 Å². The van der Waals surface area contributed by atoms with Crippen LogP contribution >= 0.6 is 11.3 Å². The highest BCUT2D eigenvalue weighted by Gasteiger charge is 2.18. The fraction of sp³-hybridized carbons (Fsp3) is 0.643. The minimum Gasteiger partial charge on any atom is -0.481 e. The molecule has 1 heterocycles. The molecule has 1 aromatic rings. The van der Waals surface area contributed by atoms with Crippen LogP contribution in [0.5, 0.6) is 0 Å². The van der Waals surface area contributed by atoms with Crippen molar-refractivity contribution in [2.24, 2.45) is 0 Å². The molecule has 0 unspecified atom stereocenters. The first kappa shape index (κ1) is 17.4. The summed E-state index contributed by atoms with van der Waals surface area (Å²) in [5.74, 6) is -0.845. The molecule has 0 radical (unpaired) electrons. The van der Waals surface area contributed by atoms with Crippen molar-refractivity contribution in [2.45, 2.75) is 53.0 Å². The average molecular weight is 313 g/mol. The maximum atomic E-state index is 12.3. The van der Waals surface area contributed by atoms with Gasteiger partial charge in [-0.1, -0.05) is 6.92 Å². The highest BCUT2D eigenvalue weighted by Crippen LogP contribution is 2.22. The Hall–Kier alpha value is -1.63. The summed E-state index contributed by atoms with van der Waals surface area (Å²) in [6.07, 6.45) is 1.34. The number of amides is 2. The Labute approximate surface area is 129 Å². The molecule has 1 aromatic heterocycles. The second kappa shape index (κ2) is 7.97. The van der Waals surface area contributed by atoms with Crippen molar-refractivity contribution in [1.82, 2.24) is 9.88 Å². The Morgan fingerprint density at radius 2 is 2.10 bits per heavy atom. The Kier molecular flexibility index (Phi) is 6.61. The van der Waals surface area contributed by atoms with Crippen LogP contribution in [0.15, 0.2) is 0 Å². The molecular formula is C14H23N3O3S. The fourth-order valence-electron chi connectivity index (χ4n) is 1.97. The van der Waals surface area contributed by atoms with Gasteiger partial charge in [0.15, 0.2) is 5.13 Å². The van der Waals surface area contributed by atoms with E-state index in [9.17, 15) is 9.59 Å². The number of thiazole rings is 1. The van der Waals surface area contributed by atoms with Crippen LogP contribution in [0.3, 0.4) is 0 Å². The lowest BCUT2D eigenvalue weighted by Crippen LogP contribution is -2.40. The molecule has 0 saturated carbocycles. The van der Waals surface area contributed by atoms with Crippen molar-refractivity contribution in [3.63, 3.8) is 0 Å². The van der Waals surface area contributed by atoms with E-state index in [1.54, 1.807) is 4.90 Å². The summed E-state index contributed by atoms with van der Waals surface area (Å²) < 4.78 is 0.